The Labute approximate surface area is 170 Å². The number of nitrogens with zero attached hydrogens (tertiary/aromatic N) is 3. The normalized spacial score (nSPS) is 12.3. The Morgan fingerprint density at radius 2 is 1.83 bits per heavy atom. The molecule has 2 aromatic heterocycles. The van der Waals surface area contributed by atoms with Crippen LogP contribution in [0.1, 0.15) is 62.1 Å². The van der Waals surface area contributed by atoms with Crippen LogP contribution in [0.5, 0.6) is 0 Å². The SMILES string of the molecule is CC(C)OC(=O)CC(NC(=O)c1cnc2c(cnn2C(C)C)c1)c1ccccc1. The molecule has 0 saturated carbocycles. The number of amides is 1. The molecule has 2 heterocycles. The number of hydrogen-bond acceptors (Lipinski definition) is 5. The number of hydrogen-bond donors (Lipinski definition) is 1. The van der Waals surface area contributed by atoms with E-state index in [-0.39, 0.29) is 30.4 Å². The molecule has 0 fully saturated rings. The van der Waals surface area contributed by atoms with Crippen molar-refractivity contribution in [2.45, 2.75) is 52.3 Å². The number of nitrogens with one attached hydrogen (secondary N) is 1. The largest absolute Gasteiger partial charge is 0.463 e. The van der Waals surface area contributed by atoms with E-state index in [1.54, 1.807) is 26.1 Å². The van der Waals surface area contributed by atoms with Gasteiger partial charge in [-0.25, -0.2) is 9.67 Å². The minimum Gasteiger partial charge on any atom is -0.463 e. The Kier molecular flexibility index (Phi) is 6.26. The second kappa shape index (κ2) is 8.86. The lowest BCUT2D eigenvalue weighted by atomic mass is 10.0. The minimum absolute atomic E-state index is 0.0505. The number of fused-ring (bicyclic) bond motifs is 1. The lowest BCUT2D eigenvalue weighted by Crippen LogP contribution is -2.31. The van der Waals surface area contributed by atoms with Gasteiger partial charge in [0.1, 0.15) is 0 Å². The van der Waals surface area contributed by atoms with E-state index in [0.717, 1.165) is 16.6 Å². The molecule has 1 unspecified atom stereocenters. The van der Waals surface area contributed by atoms with Gasteiger partial charge in [0.05, 0.1) is 30.3 Å². The average molecular weight is 394 g/mol. The Morgan fingerprint density at radius 3 is 2.48 bits per heavy atom. The first kappa shape index (κ1) is 20.5. The highest BCUT2D eigenvalue weighted by Gasteiger charge is 2.21. The third-order valence-corrected chi connectivity index (χ3v) is 4.43. The van der Waals surface area contributed by atoms with Crippen LogP contribution in [0.4, 0.5) is 0 Å². The molecule has 0 bridgehead atoms. The van der Waals surface area contributed by atoms with Gasteiger partial charge in [-0.15, -0.1) is 0 Å². The second-order valence-corrected chi connectivity index (χ2v) is 7.50. The number of esters is 1. The van der Waals surface area contributed by atoms with Crippen LogP contribution in [0.3, 0.4) is 0 Å². The summed E-state index contributed by atoms with van der Waals surface area (Å²) in [6.45, 7) is 7.64. The summed E-state index contributed by atoms with van der Waals surface area (Å²) < 4.78 is 7.07. The van der Waals surface area contributed by atoms with Gasteiger partial charge >= 0.3 is 5.97 Å². The fourth-order valence-corrected chi connectivity index (χ4v) is 3.10. The maximum Gasteiger partial charge on any atom is 0.308 e. The molecule has 0 aliphatic carbocycles. The van der Waals surface area contributed by atoms with E-state index in [9.17, 15) is 9.59 Å². The van der Waals surface area contributed by atoms with Gasteiger partial charge in [0, 0.05) is 17.6 Å². The van der Waals surface area contributed by atoms with Crippen molar-refractivity contribution in [2.75, 3.05) is 0 Å². The lowest BCUT2D eigenvalue weighted by molar-refractivity contribution is -0.147. The second-order valence-electron chi connectivity index (χ2n) is 7.50. The molecule has 1 N–H and O–H groups in total. The molecule has 0 spiro atoms. The molecule has 0 radical (unpaired) electrons. The Balaban J connectivity index is 1.82. The number of carbonyl (C=O) groups is 2. The summed E-state index contributed by atoms with van der Waals surface area (Å²) in [5, 5.41) is 8.07. The Bertz CT molecular complexity index is 996. The molecule has 0 aliphatic rings. The van der Waals surface area contributed by atoms with Crippen molar-refractivity contribution in [3.8, 4) is 0 Å². The zero-order valence-corrected chi connectivity index (χ0v) is 17.1. The van der Waals surface area contributed by atoms with Gasteiger partial charge in [0.25, 0.3) is 5.91 Å². The summed E-state index contributed by atoms with van der Waals surface area (Å²) in [6, 6.07) is 10.8. The van der Waals surface area contributed by atoms with E-state index in [0.29, 0.717) is 5.56 Å². The minimum atomic E-state index is -0.496. The van der Waals surface area contributed by atoms with E-state index < -0.39 is 6.04 Å². The summed E-state index contributed by atoms with van der Waals surface area (Å²) in [5.41, 5.74) is 1.99. The van der Waals surface area contributed by atoms with E-state index in [2.05, 4.69) is 15.4 Å². The monoisotopic (exact) mass is 394 g/mol. The molecule has 0 saturated heterocycles. The highest BCUT2D eigenvalue weighted by atomic mass is 16.5. The van der Waals surface area contributed by atoms with Crippen LogP contribution >= 0.6 is 0 Å². The van der Waals surface area contributed by atoms with Crippen LogP contribution in [-0.2, 0) is 9.53 Å². The first-order chi connectivity index (χ1) is 13.8. The Hall–Kier alpha value is -3.22. The zero-order valence-electron chi connectivity index (χ0n) is 17.1. The van der Waals surface area contributed by atoms with Crippen molar-refractivity contribution in [3.05, 3.63) is 59.9 Å². The van der Waals surface area contributed by atoms with Crippen LogP contribution < -0.4 is 5.32 Å². The van der Waals surface area contributed by atoms with Gasteiger partial charge in [0.15, 0.2) is 5.65 Å². The molecule has 3 aromatic rings. The standard InChI is InChI=1S/C22H26N4O3/c1-14(2)26-21-17(13-24-26)10-18(12-23-21)22(28)25-19(11-20(27)29-15(3)4)16-8-6-5-7-9-16/h5-10,12-15,19H,11H2,1-4H3,(H,25,28). The molecule has 1 atom stereocenters. The van der Waals surface area contributed by atoms with Crippen molar-refractivity contribution in [2.24, 2.45) is 0 Å². The van der Waals surface area contributed by atoms with E-state index in [1.165, 1.54) is 6.20 Å². The molecule has 7 nitrogen and oxygen atoms in total. The molecule has 7 heteroatoms. The average Bonchev–Trinajstić information content (AvgIpc) is 3.11. The van der Waals surface area contributed by atoms with Crippen LogP contribution in [0.25, 0.3) is 11.0 Å². The topological polar surface area (TPSA) is 86.1 Å². The third kappa shape index (κ3) is 4.99. The first-order valence-electron chi connectivity index (χ1n) is 9.73. The highest BCUT2D eigenvalue weighted by Crippen LogP contribution is 2.20. The van der Waals surface area contributed by atoms with Gasteiger partial charge in [-0.05, 0) is 39.3 Å². The van der Waals surface area contributed by atoms with Crippen LogP contribution in [0.15, 0.2) is 48.8 Å². The number of ether oxygens (including phenoxy) is 1. The third-order valence-electron chi connectivity index (χ3n) is 4.43. The summed E-state index contributed by atoms with van der Waals surface area (Å²) in [7, 11) is 0. The predicted octanol–water partition coefficient (Wildman–Crippen LogP) is 3.83. The fourth-order valence-electron chi connectivity index (χ4n) is 3.10. The first-order valence-corrected chi connectivity index (χ1v) is 9.73. The van der Waals surface area contributed by atoms with Gasteiger partial charge in [-0.1, -0.05) is 30.3 Å². The van der Waals surface area contributed by atoms with Crippen molar-refractivity contribution >= 4 is 22.9 Å². The molecular formula is C22H26N4O3. The number of aromatic nitrogens is 3. The molecule has 3 rings (SSSR count). The fraction of sp³-hybridized carbons (Fsp3) is 0.364. The predicted molar refractivity (Wildman–Crippen MR) is 110 cm³/mol. The molecule has 1 aromatic carbocycles. The summed E-state index contributed by atoms with van der Waals surface area (Å²) in [5.74, 6) is -0.663. The van der Waals surface area contributed by atoms with Crippen molar-refractivity contribution in [3.63, 3.8) is 0 Å². The number of rotatable bonds is 7. The van der Waals surface area contributed by atoms with Crippen molar-refractivity contribution in [1.29, 1.82) is 0 Å². The van der Waals surface area contributed by atoms with Gasteiger partial charge in [-0.2, -0.15) is 5.10 Å². The summed E-state index contributed by atoms with van der Waals surface area (Å²) in [4.78, 5) is 29.5. The van der Waals surface area contributed by atoms with Crippen LogP contribution in [0, 0.1) is 0 Å². The smallest absolute Gasteiger partial charge is 0.308 e. The zero-order chi connectivity index (χ0) is 21.0. The Morgan fingerprint density at radius 1 is 1.10 bits per heavy atom. The van der Waals surface area contributed by atoms with E-state index in [1.807, 2.05) is 48.9 Å². The van der Waals surface area contributed by atoms with E-state index in [4.69, 9.17) is 4.74 Å². The maximum absolute atomic E-state index is 12.9. The lowest BCUT2D eigenvalue weighted by Gasteiger charge is -2.19. The van der Waals surface area contributed by atoms with Crippen LogP contribution in [0.2, 0.25) is 0 Å². The summed E-state index contributed by atoms with van der Waals surface area (Å²) in [6.07, 6.45) is 3.08. The highest BCUT2D eigenvalue weighted by molar-refractivity contribution is 5.97. The summed E-state index contributed by atoms with van der Waals surface area (Å²) >= 11 is 0. The van der Waals surface area contributed by atoms with E-state index >= 15 is 0 Å². The van der Waals surface area contributed by atoms with Gasteiger partial charge in [-0.3, -0.25) is 9.59 Å². The van der Waals surface area contributed by atoms with Gasteiger partial charge in [0.2, 0.25) is 0 Å². The molecular weight excluding hydrogens is 368 g/mol. The molecule has 29 heavy (non-hydrogen) atoms. The van der Waals surface area contributed by atoms with Gasteiger partial charge < -0.3 is 10.1 Å². The number of carbonyl (C=O) groups excluding carboxylic acids is 2. The maximum atomic E-state index is 12.9. The quantitative estimate of drug-likeness (QED) is 0.616. The van der Waals surface area contributed by atoms with Crippen molar-refractivity contribution < 1.29 is 14.3 Å². The molecule has 0 aliphatic heterocycles. The number of benzene rings is 1. The molecule has 152 valence electrons. The van der Waals surface area contributed by atoms with Crippen molar-refractivity contribution in [1.82, 2.24) is 20.1 Å². The molecule has 1 amide bonds. The van der Waals surface area contributed by atoms with Crippen LogP contribution in [-0.4, -0.2) is 32.7 Å². The number of pyridine rings is 1.